The van der Waals surface area contributed by atoms with E-state index in [0.717, 1.165) is 0 Å². The maximum Gasteiger partial charge on any atom is 0.201 e. The second-order valence-electron chi connectivity index (χ2n) is 3.94. The summed E-state index contributed by atoms with van der Waals surface area (Å²) in [6, 6.07) is 13.3. The minimum Gasteiger partial charge on any atom is -0.484 e. The Hall–Kier alpha value is -2.02. The molecule has 20 heavy (non-hydrogen) atoms. The van der Waals surface area contributed by atoms with Gasteiger partial charge in [0.25, 0.3) is 0 Å². The fourth-order valence-electron chi connectivity index (χ4n) is 1.62. The average molecular weight is 306 g/mol. The molecule has 5 heteroatoms. The summed E-state index contributed by atoms with van der Waals surface area (Å²) in [6.07, 6.45) is 0. The molecule has 3 nitrogen and oxygen atoms in total. The third-order valence-electron chi connectivity index (χ3n) is 2.60. The molecule has 0 radical (unpaired) electrons. The first-order chi connectivity index (χ1) is 9.61. The molecule has 0 aliphatic heterocycles. The number of Topliss-reactive ketones (excluding diaryl/α,β-unsaturated/α-hetero) is 1. The van der Waals surface area contributed by atoms with Gasteiger partial charge in [-0.1, -0.05) is 35.3 Å². The van der Waals surface area contributed by atoms with E-state index in [0.29, 0.717) is 21.9 Å². The number of ether oxygens (including phenoxy) is 1. The van der Waals surface area contributed by atoms with Gasteiger partial charge in [0, 0.05) is 10.6 Å². The van der Waals surface area contributed by atoms with Crippen molar-refractivity contribution in [3.8, 4) is 11.8 Å². The first-order valence-electron chi connectivity index (χ1n) is 5.72. The smallest absolute Gasteiger partial charge is 0.201 e. The Balaban J connectivity index is 2.11. The Kier molecular flexibility index (Phi) is 4.62. The maximum atomic E-state index is 12.0. The Labute approximate surface area is 126 Å². The van der Waals surface area contributed by atoms with Gasteiger partial charge in [-0.25, -0.2) is 0 Å². The van der Waals surface area contributed by atoms with Gasteiger partial charge in [0.2, 0.25) is 5.78 Å². The van der Waals surface area contributed by atoms with Crippen LogP contribution >= 0.6 is 23.2 Å². The summed E-state index contributed by atoms with van der Waals surface area (Å²) in [5, 5.41) is 9.66. The van der Waals surface area contributed by atoms with Crippen LogP contribution < -0.4 is 4.74 Å². The summed E-state index contributed by atoms with van der Waals surface area (Å²) in [5.41, 5.74) is 0.716. The molecule has 0 saturated carbocycles. The average Bonchev–Trinajstić information content (AvgIpc) is 2.45. The van der Waals surface area contributed by atoms with Crippen LogP contribution in [0.2, 0.25) is 10.0 Å². The van der Waals surface area contributed by atoms with Crippen molar-refractivity contribution in [3.63, 3.8) is 0 Å². The summed E-state index contributed by atoms with van der Waals surface area (Å²) >= 11 is 11.7. The highest BCUT2D eigenvalue weighted by molar-refractivity contribution is 6.36. The van der Waals surface area contributed by atoms with Crippen LogP contribution in [-0.4, -0.2) is 12.4 Å². The number of carbonyl (C=O) groups excluding carboxylic acids is 1. The third kappa shape index (κ3) is 3.30. The third-order valence-corrected chi connectivity index (χ3v) is 3.15. The van der Waals surface area contributed by atoms with Crippen molar-refractivity contribution < 1.29 is 9.53 Å². The Morgan fingerprint density at radius 1 is 1.20 bits per heavy atom. The van der Waals surface area contributed by atoms with Crippen LogP contribution in [0.4, 0.5) is 0 Å². The van der Waals surface area contributed by atoms with E-state index < -0.39 is 0 Å². The fourth-order valence-corrected chi connectivity index (χ4v) is 2.14. The van der Waals surface area contributed by atoms with Gasteiger partial charge >= 0.3 is 0 Å². The number of carbonyl (C=O) groups is 1. The first kappa shape index (κ1) is 14.4. The number of hydrogen-bond acceptors (Lipinski definition) is 3. The second kappa shape index (κ2) is 6.42. The number of benzene rings is 2. The van der Waals surface area contributed by atoms with E-state index in [1.165, 1.54) is 6.07 Å². The standard InChI is InChI=1S/C15H9Cl2NO2/c16-11-5-6-12(13(17)7-11)14(19)9-20-15-4-2-1-3-10(15)8-18/h1-7H,9H2. The van der Waals surface area contributed by atoms with Gasteiger partial charge in [0.05, 0.1) is 10.6 Å². The van der Waals surface area contributed by atoms with E-state index in [9.17, 15) is 4.79 Å². The van der Waals surface area contributed by atoms with Crippen LogP contribution in [0.1, 0.15) is 15.9 Å². The zero-order valence-corrected chi connectivity index (χ0v) is 11.8. The predicted molar refractivity (Wildman–Crippen MR) is 77.4 cm³/mol. The molecule has 0 aliphatic rings. The van der Waals surface area contributed by atoms with Crippen molar-refractivity contribution in [2.45, 2.75) is 0 Å². The van der Waals surface area contributed by atoms with Crippen molar-refractivity contribution in [1.29, 1.82) is 5.26 Å². The zero-order chi connectivity index (χ0) is 14.5. The molecule has 0 heterocycles. The number of ketones is 1. The number of hydrogen-bond donors (Lipinski definition) is 0. The molecule has 0 aromatic heterocycles. The molecule has 0 aliphatic carbocycles. The molecule has 0 spiro atoms. The first-order valence-corrected chi connectivity index (χ1v) is 6.47. The zero-order valence-electron chi connectivity index (χ0n) is 10.3. The van der Waals surface area contributed by atoms with E-state index in [1.54, 1.807) is 36.4 Å². The van der Waals surface area contributed by atoms with Gasteiger partial charge in [-0.3, -0.25) is 4.79 Å². The molecule has 100 valence electrons. The molecule has 0 N–H and O–H groups in total. The summed E-state index contributed by atoms with van der Waals surface area (Å²) in [5.74, 6) is 0.0906. The molecule has 0 atom stereocenters. The van der Waals surface area contributed by atoms with Crippen LogP contribution in [0.15, 0.2) is 42.5 Å². The molecule has 2 aromatic carbocycles. The monoisotopic (exact) mass is 305 g/mol. The van der Waals surface area contributed by atoms with E-state index in [1.807, 2.05) is 6.07 Å². The molecule has 0 bridgehead atoms. The van der Waals surface area contributed by atoms with E-state index >= 15 is 0 Å². The lowest BCUT2D eigenvalue weighted by atomic mass is 10.1. The summed E-state index contributed by atoms with van der Waals surface area (Å²) in [7, 11) is 0. The highest BCUT2D eigenvalue weighted by atomic mass is 35.5. The van der Waals surface area contributed by atoms with E-state index in [4.69, 9.17) is 33.2 Å². The fraction of sp³-hybridized carbons (Fsp3) is 0.0667. The molecule has 0 amide bonds. The van der Waals surface area contributed by atoms with Crippen molar-refractivity contribution in [2.24, 2.45) is 0 Å². The minimum absolute atomic E-state index is 0.194. The number of nitrogens with zero attached hydrogens (tertiary/aromatic N) is 1. The molecular weight excluding hydrogens is 297 g/mol. The molecule has 0 saturated heterocycles. The topological polar surface area (TPSA) is 50.1 Å². The lowest BCUT2D eigenvalue weighted by Crippen LogP contribution is -2.12. The SMILES string of the molecule is N#Cc1ccccc1OCC(=O)c1ccc(Cl)cc1Cl. The Morgan fingerprint density at radius 2 is 1.95 bits per heavy atom. The lowest BCUT2D eigenvalue weighted by molar-refractivity contribution is 0.0921. The Bertz CT molecular complexity index is 693. The van der Waals surface area contributed by atoms with Gasteiger partial charge in [-0.15, -0.1) is 0 Å². The van der Waals surface area contributed by atoms with Gasteiger partial charge in [0.15, 0.2) is 6.61 Å². The van der Waals surface area contributed by atoms with Crippen LogP contribution in [0.5, 0.6) is 5.75 Å². The second-order valence-corrected chi connectivity index (χ2v) is 4.79. The van der Waals surface area contributed by atoms with Crippen molar-refractivity contribution in [3.05, 3.63) is 63.6 Å². The van der Waals surface area contributed by atoms with Crippen LogP contribution in [0, 0.1) is 11.3 Å². The summed E-state index contributed by atoms with van der Waals surface area (Å²) in [6.45, 7) is -0.194. The molecule has 2 rings (SSSR count). The highest BCUT2D eigenvalue weighted by Crippen LogP contribution is 2.22. The van der Waals surface area contributed by atoms with Crippen molar-refractivity contribution in [2.75, 3.05) is 6.61 Å². The van der Waals surface area contributed by atoms with Crippen LogP contribution in [0.25, 0.3) is 0 Å². The minimum atomic E-state index is -0.278. The van der Waals surface area contributed by atoms with Gasteiger partial charge in [-0.2, -0.15) is 5.26 Å². The quantitative estimate of drug-likeness (QED) is 0.798. The summed E-state index contributed by atoms with van der Waals surface area (Å²) < 4.78 is 5.37. The number of nitriles is 1. The van der Waals surface area contributed by atoms with Crippen molar-refractivity contribution in [1.82, 2.24) is 0 Å². The molecular formula is C15H9Cl2NO2. The largest absolute Gasteiger partial charge is 0.484 e. The normalized spacial score (nSPS) is 9.85. The molecule has 0 fully saturated rings. The van der Waals surface area contributed by atoms with Crippen LogP contribution in [0.3, 0.4) is 0 Å². The molecule has 0 unspecified atom stereocenters. The van der Waals surface area contributed by atoms with Crippen molar-refractivity contribution >= 4 is 29.0 Å². The number of rotatable bonds is 4. The van der Waals surface area contributed by atoms with E-state index in [-0.39, 0.29) is 17.4 Å². The van der Waals surface area contributed by atoms with Gasteiger partial charge in [0.1, 0.15) is 11.8 Å². The predicted octanol–water partition coefficient (Wildman–Crippen LogP) is 4.13. The van der Waals surface area contributed by atoms with E-state index in [2.05, 4.69) is 0 Å². The lowest BCUT2D eigenvalue weighted by Gasteiger charge is -2.08. The van der Waals surface area contributed by atoms with Gasteiger partial charge < -0.3 is 4.74 Å². The van der Waals surface area contributed by atoms with Crippen LogP contribution in [-0.2, 0) is 0 Å². The Morgan fingerprint density at radius 3 is 2.65 bits per heavy atom. The number of halogens is 2. The van der Waals surface area contributed by atoms with Gasteiger partial charge in [-0.05, 0) is 30.3 Å². The highest BCUT2D eigenvalue weighted by Gasteiger charge is 2.12. The maximum absolute atomic E-state index is 12.0. The number of para-hydroxylation sites is 1. The molecule has 2 aromatic rings. The summed E-state index contributed by atoms with van der Waals surface area (Å²) in [4.78, 5) is 12.0.